The van der Waals surface area contributed by atoms with Gasteiger partial charge in [0, 0.05) is 12.2 Å². The molecular formula is C12H17ClN4O2. The van der Waals surface area contributed by atoms with Crippen LogP contribution in [0.25, 0.3) is 0 Å². The lowest BCUT2D eigenvalue weighted by Gasteiger charge is -2.24. The van der Waals surface area contributed by atoms with E-state index >= 15 is 0 Å². The normalized spacial score (nSPS) is 10.8. The average molecular weight is 285 g/mol. The number of rotatable bonds is 6. The Balaban J connectivity index is 2.63. The molecule has 0 radical (unpaired) electrons. The zero-order valence-electron chi connectivity index (χ0n) is 10.9. The number of halogens is 1. The van der Waals surface area contributed by atoms with Crippen LogP contribution in [0.3, 0.4) is 0 Å². The summed E-state index contributed by atoms with van der Waals surface area (Å²) < 4.78 is 0. The van der Waals surface area contributed by atoms with Crippen LogP contribution >= 0.6 is 11.6 Å². The van der Waals surface area contributed by atoms with Gasteiger partial charge in [-0.2, -0.15) is 0 Å². The number of anilines is 1. The van der Waals surface area contributed by atoms with Gasteiger partial charge in [-0.05, 0) is 26.0 Å². The number of nitrogens with zero attached hydrogens (tertiary/aromatic N) is 2. The summed E-state index contributed by atoms with van der Waals surface area (Å²) in [5.41, 5.74) is 5.58. The molecule has 0 aliphatic rings. The minimum absolute atomic E-state index is 0.0302. The van der Waals surface area contributed by atoms with E-state index in [4.69, 9.17) is 17.3 Å². The minimum atomic E-state index is -0.471. The molecule has 1 aromatic rings. The monoisotopic (exact) mass is 284 g/mol. The maximum atomic E-state index is 11.9. The van der Waals surface area contributed by atoms with Crippen LogP contribution in [-0.2, 0) is 9.59 Å². The number of carbonyl (C=O) groups is 2. The number of primary amides is 1. The fourth-order valence-corrected chi connectivity index (χ4v) is 1.64. The molecule has 0 aromatic carbocycles. The second-order valence-corrected chi connectivity index (χ2v) is 4.71. The second kappa shape index (κ2) is 7.06. The molecule has 104 valence electrons. The molecule has 0 atom stereocenters. The van der Waals surface area contributed by atoms with Gasteiger partial charge in [-0.1, -0.05) is 11.6 Å². The molecule has 6 nitrogen and oxygen atoms in total. The Bertz CT molecular complexity index is 465. The quantitative estimate of drug-likeness (QED) is 0.759. The number of hydrogen-bond acceptors (Lipinski definition) is 4. The molecule has 0 unspecified atom stereocenters. The van der Waals surface area contributed by atoms with Crippen LogP contribution in [-0.4, -0.2) is 40.8 Å². The number of nitrogens with two attached hydrogens (primary N) is 1. The average Bonchev–Trinajstić information content (AvgIpc) is 2.30. The first-order chi connectivity index (χ1) is 8.90. The van der Waals surface area contributed by atoms with Gasteiger partial charge < -0.3 is 11.1 Å². The van der Waals surface area contributed by atoms with Crippen molar-refractivity contribution in [3.05, 3.63) is 23.5 Å². The van der Waals surface area contributed by atoms with Gasteiger partial charge in [0.2, 0.25) is 11.8 Å². The lowest BCUT2D eigenvalue weighted by atomic mass is 10.3. The van der Waals surface area contributed by atoms with Crippen molar-refractivity contribution in [2.24, 2.45) is 5.73 Å². The Morgan fingerprint density at radius 3 is 2.68 bits per heavy atom. The molecule has 0 aliphatic heterocycles. The van der Waals surface area contributed by atoms with Gasteiger partial charge in [0.05, 0.1) is 18.8 Å². The van der Waals surface area contributed by atoms with Gasteiger partial charge in [0.1, 0.15) is 0 Å². The molecule has 1 heterocycles. The van der Waals surface area contributed by atoms with E-state index in [0.717, 1.165) is 0 Å². The van der Waals surface area contributed by atoms with Crippen LogP contribution in [0.1, 0.15) is 13.8 Å². The summed E-state index contributed by atoms with van der Waals surface area (Å²) in [6.45, 7) is 3.86. The Morgan fingerprint density at radius 2 is 2.16 bits per heavy atom. The topological polar surface area (TPSA) is 88.3 Å². The smallest absolute Gasteiger partial charge is 0.238 e. The lowest BCUT2D eigenvalue weighted by molar-refractivity contribution is -0.121. The zero-order chi connectivity index (χ0) is 14.4. The van der Waals surface area contributed by atoms with Crippen LogP contribution in [0.2, 0.25) is 5.15 Å². The van der Waals surface area contributed by atoms with Crippen LogP contribution < -0.4 is 11.1 Å². The number of carbonyl (C=O) groups excluding carboxylic acids is 2. The van der Waals surface area contributed by atoms with E-state index in [2.05, 4.69) is 10.3 Å². The lowest BCUT2D eigenvalue weighted by Crippen LogP contribution is -2.43. The van der Waals surface area contributed by atoms with E-state index in [1.807, 2.05) is 13.8 Å². The predicted molar refractivity (Wildman–Crippen MR) is 73.8 cm³/mol. The number of amides is 2. The van der Waals surface area contributed by atoms with Gasteiger partial charge in [0.25, 0.3) is 0 Å². The molecule has 7 heteroatoms. The van der Waals surface area contributed by atoms with Crippen molar-refractivity contribution in [1.82, 2.24) is 9.88 Å². The summed E-state index contributed by atoms with van der Waals surface area (Å²) in [7, 11) is 0. The van der Waals surface area contributed by atoms with Gasteiger partial charge in [0.15, 0.2) is 5.15 Å². The van der Waals surface area contributed by atoms with Crippen molar-refractivity contribution in [1.29, 1.82) is 0 Å². The van der Waals surface area contributed by atoms with Crippen LogP contribution in [0.5, 0.6) is 0 Å². The highest BCUT2D eigenvalue weighted by Crippen LogP contribution is 2.17. The summed E-state index contributed by atoms with van der Waals surface area (Å²) in [6, 6.07) is 3.36. The van der Waals surface area contributed by atoms with Gasteiger partial charge >= 0.3 is 0 Å². The zero-order valence-corrected chi connectivity index (χ0v) is 11.6. The first-order valence-corrected chi connectivity index (χ1v) is 6.20. The molecule has 0 bridgehead atoms. The molecule has 0 saturated heterocycles. The molecule has 0 spiro atoms. The van der Waals surface area contributed by atoms with Crippen molar-refractivity contribution in [3.63, 3.8) is 0 Å². The maximum Gasteiger partial charge on any atom is 0.238 e. The highest BCUT2D eigenvalue weighted by molar-refractivity contribution is 6.32. The Hall–Kier alpha value is -1.66. The van der Waals surface area contributed by atoms with E-state index in [9.17, 15) is 9.59 Å². The largest absolute Gasteiger partial charge is 0.369 e. The van der Waals surface area contributed by atoms with Crippen molar-refractivity contribution in [3.8, 4) is 0 Å². The third-order valence-corrected chi connectivity index (χ3v) is 2.77. The van der Waals surface area contributed by atoms with Gasteiger partial charge in [-0.15, -0.1) is 0 Å². The van der Waals surface area contributed by atoms with Crippen LogP contribution in [0, 0.1) is 0 Å². The highest BCUT2D eigenvalue weighted by atomic mass is 35.5. The fourth-order valence-electron chi connectivity index (χ4n) is 1.47. The maximum absolute atomic E-state index is 11.9. The molecule has 2 amide bonds. The Morgan fingerprint density at radius 1 is 1.47 bits per heavy atom. The number of pyridine rings is 1. The third kappa shape index (κ3) is 5.23. The summed E-state index contributed by atoms with van der Waals surface area (Å²) in [5, 5.41) is 2.87. The molecule has 3 N–H and O–H groups in total. The first kappa shape index (κ1) is 15.4. The van der Waals surface area contributed by atoms with Crippen LogP contribution in [0.15, 0.2) is 18.3 Å². The molecule has 1 aromatic heterocycles. The van der Waals surface area contributed by atoms with Gasteiger partial charge in [-0.3, -0.25) is 14.5 Å². The molecule has 19 heavy (non-hydrogen) atoms. The summed E-state index contributed by atoms with van der Waals surface area (Å²) >= 11 is 5.84. The summed E-state index contributed by atoms with van der Waals surface area (Å²) in [4.78, 5) is 28.3. The van der Waals surface area contributed by atoms with E-state index in [0.29, 0.717) is 5.69 Å². The standard InChI is InChI=1S/C12H17ClN4O2/c1-8(2)17(6-10(14)18)7-11(19)16-9-4-3-5-15-12(9)13/h3-5,8H,6-7H2,1-2H3,(H2,14,18)(H,16,19). The molecule has 0 aliphatic carbocycles. The number of hydrogen-bond donors (Lipinski definition) is 2. The van der Waals surface area contributed by atoms with Crippen LogP contribution in [0.4, 0.5) is 5.69 Å². The van der Waals surface area contributed by atoms with Crippen molar-refractivity contribution < 1.29 is 9.59 Å². The molecular weight excluding hydrogens is 268 g/mol. The highest BCUT2D eigenvalue weighted by Gasteiger charge is 2.16. The second-order valence-electron chi connectivity index (χ2n) is 4.35. The SMILES string of the molecule is CC(C)N(CC(N)=O)CC(=O)Nc1cccnc1Cl. The first-order valence-electron chi connectivity index (χ1n) is 5.83. The van der Waals surface area contributed by atoms with Gasteiger partial charge in [-0.25, -0.2) is 4.98 Å². The Kier molecular flexibility index (Phi) is 5.72. The molecule has 1 rings (SSSR count). The summed E-state index contributed by atoms with van der Waals surface area (Å²) in [5.74, 6) is -0.745. The Labute approximate surface area is 116 Å². The molecule has 0 fully saturated rings. The predicted octanol–water partition coefficient (Wildman–Crippen LogP) is 0.869. The fraction of sp³-hybridized carbons (Fsp3) is 0.417. The van der Waals surface area contributed by atoms with E-state index in [-0.39, 0.29) is 30.2 Å². The molecule has 0 saturated carbocycles. The van der Waals surface area contributed by atoms with E-state index in [1.165, 1.54) is 6.20 Å². The number of aromatic nitrogens is 1. The van der Waals surface area contributed by atoms with Crippen molar-refractivity contribution in [2.45, 2.75) is 19.9 Å². The van der Waals surface area contributed by atoms with Crippen molar-refractivity contribution >= 4 is 29.1 Å². The minimum Gasteiger partial charge on any atom is -0.369 e. The van der Waals surface area contributed by atoms with E-state index in [1.54, 1.807) is 17.0 Å². The third-order valence-electron chi connectivity index (χ3n) is 2.47. The number of nitrogens with one attached hydrogen (secondary N) is 1. The summed E-state index contributed by atoms with van der Waals surface area (Å²) in [6.07, 6.45) is 1.53. The van der Waals surface area contributed by atoms with Crippen molar-refractivity contribution in [2.75, 3.05) is 18.4 Å². The van der Waals surface area contributed by atoms with E-state index < -0.39 is 5.91 Å².